The van der Waals surface area contributed by atoms with Crippen LogP contribution in [0.2, 0.25) is 0 Å². The molecule has 0 unspecified atom stereocenters. The highest BCUT2D eigenvalue weighted by molar-refractivity contribution is 5.92. The van der Waals surface area contributed by atoms with E-state index >= 15 is 0 Å². The number of aryl methyl sites for hydroxylation is 1. The summed E-state index contributed by atoms with van der Waals surface area (Å²) in [5, 5.41) is 12.7. The van der Waals surface area contributed by atoms with Crippen molar-refractivity contribution >= 4 is 22.5 Å². The van der Waals surface area contributed by atoms with E-state index in [9.17, 15) is 9.59 Å². The number of hydrogen-bond donors (Lipinski definition) is 1. The second-order valence-electron chi connectivity index (χ2n) is 8.34. The van der Waals surface area contributed by atoms with E-state index in [1.807, 2.05) is 31.2 Å². The molecule has 0 saturated heterocycles. The number of carbonyl (C=O) groups excluding carboxylic acids is 1. The molecule has 1 amide bonds. The van der Waals surface area contributed by atoms with E-state index < -0.39 is 0 Å². The average molecular weight is 460 g/mol. The maximum atomic E-state index is 13.5. The Balaban J connectivity index is 1.53. The van der Waals surface area contributed by atoms with Crippen LogP contribution in [0.3, 0.4) is 0 Å². The van der Waals surface area contributed by atoms with E-state index in [1.54, 1.807) is 36.2 Å². The third-order valence-corrected chi connectivity index (χ3v) is 5.99. The highest BCUT2D eigenvalue weighted by atomic mass is 16.5. The minimum absolute atomic E-state index is 0.234. The number of ether oxygens (including phenoxy) is 2. The van der Waals surface area contributed by atoms with Crippen LogP contribution in [-0.4, -0.2) is 39.7 Å². The van der Waals surface area contributed by atoms with Gasteiger partial charge in [0.05, 0.1) is 37.5 Å². The molecule has 9 nitrogen and oxygen atoms in total. The number of amides is 1. The fourth-order valence-corrected chi connectivity index (χ4v) is 4.07. The number of anilines is 1. The summed E-state index contributed by atoms with van der Waals surface area (Å²) in [5.74, 6) is 0.950. The molecule has 9 heteroatoms. The lowest BCUT2D eigenvalue weighted by Gasteiger charge is -2.13. The predicted octanol–water partition coefficient (Wildman–Crippen LogP) is 3.42. The summed E-state index contributed by atoms with van der Waals surface area (Å²) in [5.41, 5.74) is 3.17. The number of fused-ring (bicyclic) bond motifs is 1. The smallest absolute Gasteiger partial charge is 0.293 e. The van der Waals surface area contributed by atoms with Crippen LogP contribution in [0, 0.1) is 6.92 Å². The van der Waals surface area contributed by atoms with Crippen LogP contribution in [0.25, 0.3) is 16.6 Å². The molecule has 174 valence electrons. The standard InChI is InChI=1S/C25H25N5O4/c1-15-6-4-5-7-20(15)30-24-18(13-26-30)23(16-8-9-16)28-29(25(24)32)14-22(31)27-19-11-10-17(33-2)12-21(19)34-3/h4-7,10-13,16H,8-9,14H2,1-3H3,(H,27,31). The Labute approximate surface area is 195 Å². The van der Waals surface area contributed by atoms with Crippen molar-refractivity contribution in [3.8, 4) is 17.2 Å². The van der Waals surface area contributed by atoms with E-state index in [0.29, 0.717) is 22.7 Å². The van der Waals surface area contributed by atoms with Gasteiger partial charge in [-0.25, -0.2) is 9.36 Å². The van der Waals surface area contributed by atoms with Gasteiger partial charge in [-0.15, -0.1) is 0 Å². The monoisotopic (exact) mass is 459 g/mol. The number of nitrogens with zero attached hydrogens (tertiary/aromatic N) is 4. The van der Waals surface area contributed by atoms with Crippen LogP contribution in [0.5, 0.6) is 11.5 Å². The Morgan fingerprint density at radius 1 is 1.15 bits per heavy atom. The van der Waals surface area contributed by atoms with Crippen molar-refractivity contribution in [2.24, 2.45) is 0 Å². The van der Waals surface area contributed by atoms with E-state index in [2.05, 4.69) is 15.5 Å². The number of hydrogen-bond acceptors (Lipinski definition) is 6. The zero-order chi connectivity index (χ0) is 23.8. The summed E-state index contributed by atoms with van der Waals surface area (Å²) < 4.78 is 13.4. The number of benzene rings is 2. The summed E-state index contributed by atoms with van der Waals surface area (Å²) in [7, 11) is 3.07. The third-order valence-electron chi connectivity index (χ3n) is 5.99. The van der Waals surface area contributed by atoms with Crippen LogP contribution in [0.4, 0.5) is 5.69 Å². The number of nitrogens with one attached hydrogen (secondary N) is 1. The molecule has 1 fully saturated rings. The van der Waals surface area contributed by atoms with Crippen LogP contribution in [0.1, 0.15) is 30.0 Å². The molecule has 5 rings (SSSR count). The van der Waals surface area contributed by atoms with Crippen LogP contribution in [-0.2, 0) is 11.3 Å². The predicted molar refractivity (Wildman–Crippen MR) is 128 cm³/mol. The van der Waals surface area contributed by atoms with Crippen LogP contribution < -0.4 is 20.3 Å². The first-order chi connectivity index (χ1) is 16.5. The van der Waals surface area contributed by atoms with Gasteiger partial charge < -0.3 is 14.8 Å². The second-order valence-corrected chi connectivity index (χ2v) is 8.34. The molecule has 1 saturated carbocycles. The normalized spacial score (nSPS) is 13.1. The van der Waals surface area contributed by atoms with Crippen molar-refractivity contribution in [1.29, 1.82) is 0 Å². The highest BCUT2D eigenvalue weighted by Crippen LogP contribution is 2.41. The van der Waals surface area contributed by atoms with Gasteiger partial charge in [0.15, 0.2) is 0 Å². The molecule has 2 heterocycles. The fraction of sp³-hybridized carbons (Fsp3) is 0.280. The van der Waals surface area contributed by atoms with Crippen molar-refractivity contribution in [2.45, 2.75) is 32.2 Å². The van der Waals surface area contributed by atoms with E-state index in [-0.39, 0.29) is 23.9 Å². The molecule has 34 heavy (non-hydrogen) atoms. The first-order valence-corrected chi connectivity index (χ1v) is 11.1. The zero-order valence-electron chi connectivity index (χ0n) is 19.2. The van der Waals surface area contributed by atoms with Gasteiger partial charge in [0.25, 0.3) is 5.56 Å². The molecule has 0 atom stereocenters. The topological polar surface area (TPSA) is 100 Å². The van der Waals surface area contributed by atoms with Gasteiger partial charge in [0.2, 0.25) is 5.91 Å². The Bertz CT molecular complexity index is 1450. The lowest BCUT2D eigenvalue weighted by atomic mass is 10.2. The highest BCUT2D eigenvalue weighted by Gasteiger charge is 2.30. The Morgan fingerprint density at radius 3 is 2.65 bits per heavy atom. The molecule has 1 N–H and O–H groups in total. The molecule has 2 aromatic carbocycles. The van der Waals surface area contributed by atoms with Gasteiger partial charge >= 0.3 is 0 Å². The molecular formula is C25H25N5O4. The van der Waals surface area contributed by atoms with E-state index in [4.69, 9.17) is 9.47 Å². The molecule has 0 radical (unpaired) electrons. The molecule has 1 aliphatic carbocycles. The van der Waals surface area contributed by atoms with Gasteiger partial charge in [0.1, 0.15) is 23.6 Å². The fourth-order valence-electron chi connectivity index (χ4n) is 4.07. The Morgan fingerprint density at radius 2 is 1.94 bits per heavy atom. The van der Waals surface area contributed by atoms with Gasteiger partial charge in [0, 0.05) is 17.4 Å². The van der Waals surface area contributed by atoms with Crippen LogP contribution in [0.15, 0.2) is 53.5 Å². The van der Waals surface area contributed by atoms with E-state index in [1.165, 1.54) is 11.8 Å². The molecule has 1 aliphatic rings. The molecule has 0 aliphatic heterocycles. The Hall–Kier alpha value is -4.14. The van der Waals surface area contributed by atoms with Gasteiger partial charge in [-0.05, 0) is 43.5 Å². The number of carbonyl (C=O) groups is 1. The number of para-hydroxylation sites is 1. The molecule has 0 spiro atoms. The van der Waals surface area contributed by atoms with E-state index in [0.717, 1.165) is 35.2 Å². The summed E-state index contributed by atoms with van der Waals surface area (Å²) in [6, 6.07) is 12.8. The molecule has 2 aromatic heterocycles. The number of aromatic nitrogens is 4. The second kappa shape index (κ2) is 8.66. The zero-order valence-corrected chi connectivity index (χ0v) is 19.2. The molecule has 4 aromatic rings. The van der Waals surface area contributed by atoms with Gasteiger partial charge in [-0.1, -0.05) is 18.2 Å². The van der Waals surface area contributed by atoms with Crippen molar-refractivity contribution in [3.05, 3.63) is 70.3 Å². The lowest BCUT2D eigenvalue weighted by molar-refractivity contribution is -0.117. The third kappa shape index (κ3) is 3.89. The molecule has 0 bridgehead atoms. The summed E-state index contributed by atoms with van der Waals surface area (Å²) >= 11 is 0. The quantitative estimate of drug-likeness (QED) is 0.455. The lowest BCUT2D eigenvalue weighted by Crippen LogP contribution is -2.31. The van der Waals surface area contributed by atoms with Gasteiger partial charge in [-0.2, -0.15) is 10.2 Å². The number of rotatable bonds is 7. The SMILES string of the molecule is COc1ccc(NC(=O)Cn2nc(C3CC3)c3cnn(-c4ccccc4C)c3c2=O)c(OC)c1. The van der Waals surface area contributed by atoms with Crippen molar-refractivity contribution in [2.75, 3.05) is 19.5 Å². The average Bonchev–Trinajstić information content (AvgIpc) is 3.59. The minimum atomic E-state index is -0.388. The van der Waals surface area contributed by atoms with Gasteiger partial charge in [-0.3, -0.25) is 9.59 Å². The largest absolute Gasteiger partial charge is 0.497 e. The first-order valence-electron chi connectivity index (χ1n) is 11.1. The summed E-state index contributed by atoms with van der Waals surface area (Å²) in [6.07, 6.45) is 3.71. The van der Waals surface area contributed by atoms with Crippen molar-refractivity contribution in [1.82, 2.24) is 19.6 Å². The maximum absolute atomic E-state index is 13.5. The Kier molecular flexibility index (Phi) is 5.53. The van der Waals surface area contributed by atoms with Crippen molar-refractivity contribution < 1.29 is 14.3 Å². The summed E-state index contributed by atoms with van der Waals surface area (Å²) in [6.45, 7) is 1.74. The molecular weight excluding hydrogens is 434 g/mol. The van der Waals surface area contributed by atoms with Crippen LogP contribution >= 0.6 is 0 Å². The number of methoxy groups -OCH3 is 2. The minimum Gasteiger partial charge on any atom is -0.497 e. The maximum Gasteiger partial charge on any atom is 0.293 e. The summed E-state index contributed by atoms with van der Waals surface area (Å²) in [4.78, 5) is 26.4. The first kappa shape index (κ1) is 21.7. The van der Waals surface area contributed by atoms with Crippen molar-refractivity contribution in [3.63, 3.8) is 0 Å².